The van der Waals surface area contributed by atoms with Gasteiger partial charge in [-0.15, -0.1) is 0 Å². The highest BCUT2D eigenvalue weighted by Gasteiger charge is 2.15. The molecule has 0 aliphatic heterocycles. The molecule has 9 heteroatoms. The van der Waals surface area contributed by atoms with Gasteiger partial charge in [0.05, 0.1) is 18.5 Å². The van der Waals surface area contributed by atoms with Gasteiger partial charge in [-0.2, -0.15) is 9.36 Å². The summed E-state index contributed by atoms with van der Waals surface area (Å²) in [6, 6.07) is 11.6. The molecule has 30 heavy (non-hydrogen) atoms. The van der Waals surface area contributed by atoms with E-state index in [-0.39, 0.29) is 12.3 Å². The summed E-state index contributed by atoms with van der Waals surface area (Å²) in [6.45, 7) is 4.25. The Kier molecular flexibility index (Phi) is 5.37. The molecule has 0 fully saturated rings. The van der Waals surface area contributed by atoms with Crippen molar-refractivity contribution >= 4 is 11.3 Å². The third kappa shape index (κ3) is 3.71. The first-order chi connectivity index (χ1) is 14.5. The van der Waals surface area contributed by atoms with Gasteiger partial charge in [-0.3, -0.25) is 0 Å². The predicted molar refractivity (Wildman–Crippen MR) is 115 cm³/mol. The molecule has 0 aliphatic carbocycles. The van der Waals surface area contributed by atoms with Crippen LogP contribution >= 0.6 is 11.3 Å². The topological polar surface area (TPSA) is 84.1 Å². The number of thiazole rings is 1. The Labute approximate surface area is 177 Å². The molecule has 2 heterocycles. The van der Waals surface area contributed by atoms with Gasteiger partial charge >= 0.3 is 5.69 Å². The van der Waals surface area contributed by atoms with Crippen LogP contribution in [0.1, 0.15) is 16.7 Å². The van der Waals surface area contributed by atoms with E-state index in [1.54, 1.807) is 14.2 Å². The van der Waals surface area contributed by atoms with Gasteiger partial charge < -0.3 is 9.47 Å². The minimum absolute atomic E-state index is 0.253. The molecular formula is C21H21N5O3S. The molecule has 0 saturated heterocycles. The number of ether oxygens (including phenoxy) is 2. The number of aromatic nitrogens is 5. The highest BCUT2D eigenvalue weighted by molar-refractivity contribution is 7.11. The van der Waals surface area contributed by atoms with Crippen molar-refractivity contribution < 1.29 is 9.47 Å². The molecule has 0 spiro atoms. The minimum Gasteiger partial charge on any atom is -0.496 e. The summed E-state index contributed by atoms with van der Waals surface area (Å²) in [5.74, 6) is 0.765. The van der Waals surface area contributed by atoms with E-state index in [1.807, 2.05) is 55.6 Å². The number of hydrogen-bond donors (Lipinski definition) is 0. The monoisotopic (exact) mass is 423 g/mol. The van der Waals surface area contributed by atoms with Crippen LogP contribution in [0.4, 0.5) is 0 Å². The fourth-order valence-corrected chi connectivity index (χ4v) is 3.81. The van der Waals surface area contributed by atoms with Crippen LogP contribution in [0.15, 0.2) is 46.6 Å². The number of rotatable bonds is 6. The molecule has 0 unspecified atom stereocenters. The maximum absolute atomic E-state index is 12.3. The fourth-order valence-electron chi connectivity index (χ4n) is 3.14. The SMILES string of the molecule is COc1ccc(C)cc1-c1csc(OCc2c(C)cccc2-n2nnn(C)c2=O)n1. The van der Waals surface area contributed by atoms with Crippen LogP contribution in [0.25, 0.3) is 16.9 Å². The van der Waals surface area contributed by atoms with Crippen LogP contribution < -0.4 is 15.2 Å². The van der Waals surface area contributed by atoms with Crippen LogP contribution in [-0.4, -0.2) is 31.9 Å². The zero-order valence-corrected chi connectivity index (χ0v) is 17.9. The van der Waals surface area contributed by atoms with E-state index < -0.39 is 0 Å². The van der Waals surface area contributed by atoms with Gasteiger partial charge in [0.25, 0.3) is 5.19 Å². The second-order valence-corrected chi connectivity index (χ2v) is 7.68. The molecule has 2 aromatic carbocycles. The number of nitrogens with zero attached hydrogens (tertiary/aromatic N) is 5. The first kappa shape index (κ1) is 19.8. The van der Waals surface area contributed by atoms with Crippen LogP contribution in [0.2, 0.25) is 0 Å². The van der Waals surface area contributed by atoms with E-state index >= 15 is 0 Å². The van der Waals surface area contributed by atoms with Crippen molar-refractivity contribution in [2.45, 2.75) is 20.5 Å². The summed E-state index contributed by atoms with van der Waals surface area (Å²) in [4.78, 5) is 16.9. The molecule has 0 bridgehead atoms. The Morgan fingerprint density at radius 1 is 1.13 bits per heavy atom. The second kappa shape index (κ2) is 8.11. The predicted octanol–water partition coefficient (Wildman–Crippen LogP) is 3.29. The second-order valence-electron chi connectivity index (χ2n) is 6.86. The van der Waals surface area contributed by atoms with Gasteiger partial charge in [-0.05, 0) is 48.0 Å². The Morgan fingerprint density at radius 2 is 1.97 bits per heavy atom. The molecule has 0 N–H and O–H groups in total. The Bertz CT molecular complexity index is 1260. The van der Waals surface area contributed by atoms with Gasteiger partial charge in [0.2, 0.25) is 0 Å². The van der Waals surface area contributed by atoms with Crippen LogP contribution in [-0.2, 0) is 13.7 Å². The van der Waals surface area contributed by atoms with Crippen molar-refractivity contribution in [3.63, 3.8) is 0 Å². The van der Waals surface area contributed by atoms with E-state index in [0.29, 0.717) is 10.9 Å². The van der Waals surface area contributed by atoms with Crippen molar-refractivity contribution in [1.82, 2.24) is 24.8 Å². The Morgan fingerprint density at radius 3 is 2.70 bits per heavy atom. The average Bonchev–Trinajstić information content (AvgIpc) is 3.34. The summed E-state index contributed by atoms with van der Waals surface area (Å²) in [7, 11) is 3.21. The molecule has 4 aromatic rings. The Balaban J connectivity index is 1.61. The van der Waals surface area contributed by atoms with Crippen molar-refractivity contribution in [3.05, 3.63) is 69.0 Å². The number of aryl methyl sites for hydroxylation is 3. The lowest BCUT2D eigenvalue weighted by molar-refractivity contribution is 0.303. The normalized spacial score (nSPS) is 10.9. The van der Waals surface area contributed by atoms with E-state index in [1.165, 1.54) is 20.7 Å². The van der Waals surface area contributed by atoms with Crippen molar-refractivity contribution in [1.29, 1.82) is 0 Å². The highest BCUT2D eigenvalue weighted by atomic mass is 32.1. The molecule has 154 valence electrons. The molecule has 4 rings (SSSR count). The largest absolute Gasteiger partial charge is 0.496 e. The smallest absolute Gasteiger partial charge is 0.368 e. The van der Waals surface area contributed by atoms with Gasteiger partial charge in [0, 0.05) is 23.6 Å². The van der Waals surface area contributed by atoms with Crippen molar-refractivity contribution in [2.75, 3.05) is 7.11 Å². The zero-order chi connectivity index (χ0) is 21.3. The summed E-state index contributed by atoms with van der Waals surface area (Å²) < 4.78 is 13.9. The molecular weight excluding hydrogens is 402 g/mol. The summed E-state index contributed by atoms with van der Waals surface area (Å²) in [6.07, 6.45) is 0. The highest BCUT2D eigenvalue weighted by Crippen LogP contribution is 2.34. The summed E-state index contributed by atoms with van der Waals surface area (Å²) in [5.41, 5.74) is 5.01. The minimum atomic E-state index is -0.315. The fraction of sp³-hybridized carbons (Fsp3) is 0.238. The lowest BCUT2D eigenvalue weighted by Gasteiger charge is -2.11. The lowest BCUT2D eigenvalue weighted by atomic mass is 10.1. The Hall–Kier alpha value is -3.46. The van der Waals surface area contributed by atoms with E-state index in [4.69, 9.17) is 9.47 Å². The van der Waals surface area contributed by atoms with E-state index in [9.17, 15) is 4.79 Å². The molecule has 0 radical (unpaired) electrons. The molecule has 8 nitrogen and oxygen atoms in total. The van der Waals surface area contributed by atoms with Gasteiger partial charge in [0.1, 0.15) is 12.4 Å². The van der Waals surface area contributed by atoms with Crippen LogP contribution in [0.3, 0.4) is 0 Å². The summed E-state index contributed by atoms with van der Waals surface area (Å²) >= 11 is 1.41. The van der Waals surface area contributed by atoms with Crippen LogP contribution in [0.5, 0.6) is 10.9 Å². The standard InChI is InChI=1S/C21H21N5O3S/c1-13-8-9-19(28-4)15(10-13)17-12-30-20(22-17)29-11-16-14(2)6-5-7-18(16)26-21(27)25(3)23-24-26/h5-10,12H,11H2,1-4H3. The third-order valence-electron chi connectivity index (χ3n) is 4.79. The maximum Gasteiger partial charge on any atom is 0.368 e. The van der Waals surface area contributed by atoms with E-state index in [2.05, 4.69) is 15.4 Å². The van der Waals surface area contributed by atoms with Crippen LogP contribution in [0, 0.1) is 13.8 Å². The van der Waals surface area contributed by atoms with Gasteiger partial charge in [-0.1, -0.05) is 35.1 Å². The number of methoxy groups -OCH3 is 1. The summed E-state index contributed by atoms with van der Waals surface area (Å²) in [5, 5.41) is 10.2. The maximum atomic E-state index is 12.3. The van der Waals surface area contributed by atoms with Gasteiger partial charge in [-0.25, -0.2) is 9.78 Å². The molecule has 0 amide bonds. The molecule has 0 atom stereocenters. The van der Waals surface area contributed by atoms with Crippen molar-refractivity contribution in [2.24, 2.45) is 7.05 Å². The molecule has 0 aliphatic rings. The quantitative estimate of drug-likeness (QED) is 0.473. The van der Waals surface area contributed by atoms with Gasteiger partial charge in [0.15, 0.2) is 0 Å². The third-order valence-corrected chi connectivity index (χ3v) is 5.54. The average molecular weight is 423 g/mol. The first-order valence-corrected chi connectivity index (χ1v) is 10.2. The zero-order valence-electron chi connectivity index (χ0n) is 17.1. The van der Waals surface area contributed by atoms with E-state index in [0.717, 1.165) is 33.7 Å². The molecule has 2 aromatic heterocycles. The number of tetrazole rings is 1. The van der Waals surface area contributed by atoms with Crippen molar-refractivity contribution in [3.8, 4) is 27.9 Å². The first-order valence-electron chi connectivity index (χ1n) is 9.29. The lowest BCUT2D eigenvalue weighted by Crippen LogP contribution is -2.23. The number of benzene rings is 2. The molecule has 0 saturated carbocycles. The number of hydrogen-bond acceptors (Lipinski definition) is 7.